The summed E-state index contributed by atoms with van der Waals surface area (Å²) in [5.74, 6) is 0. The second-order valence-electron chi connectivity index (χ2n) is 5.70. The van der Waals surface area contributed by atoms with Gasteiger partial charge in [0.15, 0.2) is 11.4 Å². The molecule has 3 aromatic rings. The van der Waals surface area contributed by atoms with E-state index in [0.29, 0.717) is 11.4 Å². The summed E-state index contributed by atoms with van der Waals surface area (Å²) in [6.45, 7) is 14.6. The van der Waals surface area contributed by atoms with Gasteiger partial charge in [-0.1, -0.05) is 42.5 Å². The Balaban J connectivity index is 1.99. The van der Waals surface area contributed by atoms with E-state index in [4.69, 9.17) is 13.1 Å². The third-order valence-electron chi connectivity index (χ3n) is 4.25. The van der Waals surface area contributed by atoms with Crippen LogP contribution in [0.15, 0.2) is 66.7 Å². The minimum atomic E-state index is 0.485. The summed E-state index contributed by atoms with van der Waals surface area (Å²) in [5, 5.41) is 0. The molecule has 0 bridgehead atoms. The van der Waals surface area contributed by atoms with Crippen molar-refractivity contribution in [2.45, 2.75) is 6.42 Å². The molecule has 3 nitrogen and oxygen atoms in total. The van der Waals surface area contributed by atoms with E-state index in [-0.39, 0.29) is 0 Å². The maximum atomic E-state index is 7.32. The molecule has 4 rings (SSSR count). The molecule has 0 spiro atoms. The average Bonchev–Trinajstić information content (AvgIpc) is 2.65. The van der Waals surface area contributed by atoms with E-state index in [0.717, 1.165) is 23.5 Å². The number of nitrogens with zero attached hydrogens (tertiary/aromatic N) is 3. The number of hydrogen-bond acceptors (Lipinski definition) is 1. The van der Waals surface area contributed by atoms with E-state index < -0.39 is 0 Å². The van der Waals surface area contributed by atoms with Gasteiger partial charge in [0.1, 0.15) is 0 Å². The lowest BCUT2D eigenvalue weighted by Crippen LogP contribution is -2.18. The molecule has 0 unspecified atom stereocenters. The van der Waals surface area contributed by atoms with Gasteiger partial charge in [0.2, 0.25) is 0 Å². The zero-order chi connectivity index (χ0) is 16.5. The Morgan fingerprint density at radius 3 is 1.71 bits per heavy atom. The molecule has 0 aliphatic carbocycles. The molecule has 1 heterocycles. The lowest BCUT2D eigenvalue weighted by molar-refractivity contribution is 1.09. The van der Waals surface area contributed by atoms with Gasteiger partial charge in [-0.2, -0.15) is 0 Å². The maximum Gasteiger partial charge on any atom is 0.179 e. The Kier molecular flexibility index (Phi) is 3.26. The molecule has 3 heteroatoms. The van der Waals surface area contributed by atoms with E-state index in [1.807, 2.05) is 36.4 Å². The maximum absolute atomic E-state index is 7.32. The first-order valence-electron chi connectivity index (χ1n) is 7.66. The molecule has 0 amide bonds. The van der Waals surface area contributed by atoms with Crippen LogP contribution in [-0.2, 0) is 6.42 Å². The lowest BCUT2D eigenvalue weighted by atomic mass is 9.95. The Morgan fingerprint density at radius 1 is 0.708 bits per heavy atom. The van der Waals surface area contributed by atoms with E-state index in [1.165, 1.54) is 11.1 Å². The van der Waals surface area contributed by atoms with Crippen molar-refractivity contribution in [1.82, 2.24) is 0 Å². The number of para-hydroxylation sites is 2. The predicted octanol–water partition coefficient (Wildman–Crippen LogP) is 6.16. The highest BCUT2D eigenvalue weighted by Gasteiger charge is 2.23. The van der Waals surface area contributed by atoms with Gasteiger partial charge in [0, 0.05) is 23.5 Å². The second-order valence-corrected chi connectivity index (χ2v) is 5.70. The second kappa shape index (κ2) is 5.57. The SMILES string of the molecule is [C-]#[N+]c1cc([N+]#[C-])cc(N2c3ccccc3Cc3ccccc32)c1. The zero-order valence-corrected chi connectivity index (χ0v) is 12.9. The predicted molar refractivity (Wildman–Crippen MR) is 96.5 cm³/mol. The molecule has 0 radical (unpaired) electrons. The van der Waals surface area contributed by atoms with Crippen LogP contribution in [-0.4, -0.2) is 0 Å². The first-order valence-corrected chi connectivity index (χ1v) is 7.66. The molecule has 112 valence electrons. The molecule has 0 atom stereocenters. The zero-order valence-electron chi connectivity index (χ0n) is 12.9. The third-order valence-corrected chi connectivity index (χ3v) is 4.25. The summed E-state index contributed by atoms with van der Waals surface area (Å²) in [4.78, 5) is 9.20. The highest BCUT2D eigenvalue weighted by Crippen LogP contribution is 2.45. The molecule has 0 fully saturated rings. The topological polar surface area (TPSA) is 12.0 Å². The molecule has 1 aliphatic rings. The van der Waals surface area contributed by atoms with Crippen molar-refractivity contribution in [3.63, 3.8) is 0 Å². The van der Waals surface area contributed by atoms with Gasteiger partial charge >= 0.3 is 0 Å². The van der Waals surface area contributed by atoms with E-state index in [1.54, 1.807) is 6.07 Å². The van der Waals surface area contributed by atoms with E-state index in [9.17, 15) is 0 Å². The largest absolute Gasteiger partial charge is 0.312 e. The Bertz CT molecular complexity index is 944. The lowest BCUT2D eigenvalue weighted by Gasteiger charge is -2.33. The van der Waals surface area contributed by atoms with Crippen molar-refractivity contribution in [1.29, 1.82) is 0 Å². The smallest absolute Gasteiger partial charge is 0.179 e. The molecule has 3 aromatic carbocycles. The molecular weight excluding hydrogens is 294 g/mol. The highest BCUT2D eigenvalue weighted by molar-refractivity contribution is 5.86. The van der Waals surface area contributed by atoms with Gasteiger partial charge < -0.3 is 4.90 Å². The van der Waals surface area contributed by atoms with Gasteiger partial charge in [0.05, 0.1) is 13.1 Å². The van der Waals surface area contributed by atoms with E-state index in [2.05, 4.69) is 38.9 Å². The molecule has 1 aliphatic heterocycles. The van der Waals surface area contributed by atoms with Crippen LogP contribution in [0.2, 0.25) is 0 Å². The fraction of sp³-hybridized carbons (Fsp3) is 0.0476. The molecule has 0 saturated heterocycles. The first-order chi connectivity index (χ1) is 11.8. The summed E-state index contributed by atoms with van der Waals surface area (Å²) in [6.07, 6.45) is 0.890. The van der Waals surface area contributed by atoms with Crippen LogP contribution in [0.4, 0.5) is 28.4 Å². The minimum Gasteiger partial charge on any atom is -0.312 e. The van der Waals surface area contributed by atoms with Crippen LogP contribution in [0.25, 0.3) is 9.69 Å². The van der Waals surface area contributed by atoms with Crippen LogP contribution >= 0.6 is 0 Å². The van der Waals surface area contributed by atoms with Gasteiger partial charge in [-0.15, -0.1) is 0 Å². The fourth-order valence-corrected chi connectivity index (χ4v) is 3.21. The molecule has 0 aromatic heterocycles. The molecular formula is C21H13N3. The van der Waals surface area contributed by atoms with Crippen molar-refractivity contribution in [2.75, 3.05) is 4.90 Å². The Labute approximate surface area is 141 Å². The monoisotopic (exact) mass is 307 g/mol. The highest BCUT2D eigenvalue weighted by atomic mass is 15.2. The van der Waals surface area contributed by atoms with Crippen LogP contribution in [0.1, 0.15) is 11.1 Å². The number of hydrogen-bond donors (Lipinski definition) is 0. The van der Waals surface area contributed by atoms with Crippen LogP contribution in [0, 0.1) is 13.1 Å². The number of anilines is 3. The van der Waals surface area contributed by atoms with Crippen molar-refractivity contribution in [3.05, 3.63) is 101 Å². The first kappa shape index (κ1) is 14.1. The fourth-order valence-electron chi connectivity index (χ4n) is 3.21. The van der Waals surface area contributed by atoms with Gasteiger partial charge in [-0.25, -0.2) is 9.69 Å². The van der Waals surface area contributed by atoms with Crippen molar-refractivity contribution in [2.24, 2.45) is 0 Å². The van der Waals surface area contributed by atoms with Crippen LogP contribution in [0.5, 0.6) is 0 Å². The number of benzene rings is 3. The molecule has 0 N–H and O–H groups in total. The summed E-state index contributed by atoms with van der Waals surface area (Å²) in [7, 11) is 0. The summed E-state index contributed by atoms with van der Waals surface area (Å²) in [5.41, 5.74) is 6.53. The summed E-state index contributed by atoms with van der Waals surface area (Å²) < 4.78 is 0. The van der Waals surface area contributed by atoms with Crippen LogP contribution in [0.3, 0.4) is 0 Å². The van der Waals surface area contributed by atoms with Crippen LogP contribution < -0.4 is 4.90 Å². The minimum absolute atomic E-state index is 0.485. The van der Waals surface area contributed by atoms with E-state index >= 15 is 0 Å². The quantitative estimate of drug-likeness (QED) is 0.383. The standard InChI is InChI=1S/C21H13N3/c1-22-17-12-18(23-2)14-19(13-17)24-20-9-5-3-7-15(20)11-16-8-4-6-10-21(16)24/h3-10,12-14H,11H2. The summed E-state index contributed by atoms with van der Waals surface area (Å²) >= 11 is 0. The Morgan fingerprint density at radius 2 is 1.21 bits per heavy atom. The number of fused-ring (bicyclic) bond motifs is 2. The Hall–Kier alpha value is -3.56. The van der Waals surface area contributed by atoms with Gasteiger partial charge in [0.25, 0.3) is 0 Å². The normalized spacial score (nSPS) is 11.8. The molecule has 0 saturated carbocycles. The molecule has 24 heavy (non-hydrogen) atoms. The van der Waals surface area contributed by atoms with Crippen molar-refractivity contribution >= 4 is 28.4 Å². The average molecular weight is 307 g/mol. The summed E-state index contributed by atoms with van der Waals surface area (Å²) in [6, 6.07) is 21.9. The van der Waals surface area contributed by atoms with Crippen molar-refractivity contribution in [3.8, 4) is 0 Å². The van der Waals surface area contributed by atoms with Crippen molar-refractivity contribution < 1.29 is 0 Å². The van der Waals surface area contributed by atoms with Gasteiger partial charge in [-0.05, 0) is 35.4 Å². The third kappa shape index (κ3) is 2.20. The van der Waals surface area contributed by atoms with Gasteiger partial charge in [-0.3, -0.25) is 0 Å². The number of rotatable bonds is 1.